The summed E-state index contributed by atoms with van der Waals surface area (Å²) in [5, 5.41) is 8.05. The predicted octanol–water partition coefficient (Wildman–Crippen LogP) is 0.656. The van der Waals surface area contributed by atoms with Crippen LogP contribution in [-0.2, 0) is 14.3 Å². The van der Waals surface area contributed by atoms with Crippen LogP contribution in [0.2, 0.25) is 0 Å². The standard InChI is InChI=1S/C6H11NO3S/c1-2-3-5-10-11(8,9)6-4-7/h2-3,5-6H2,1H3. The molecule has 0 rings (SSSR count). The van der Waals surface area contributed by atoms with E-state index in [4.69, 9.17) is 5.26 Å². The van der Waals surface area contributed by atoms with Gasteiger partial charge in [-0.2, -0.15) is 13.7 Å². The van der Waals surface area contributed by atoms with E-state index < -0.39 is 15.9 Å². The number of unbranched alkanes of at least 4 members (excludes halogenated alkanes) is 1. The highest BCUT2D eigenvalue weighted by atomic mass is 32.2. The Balaban J connectivity index is 3.68. The molecule has 0 aliphatic heterocycles. The second-order valence-electron chi connectivity index (χ2n) is 2.04. The Kier molecular flexibility index (Phi) is 4.83. The average molecular weight is 177 g/mol. The van der Waals surface area contributed by atoms with Gasteiger partial charge in [-0.05, 0) is 6.42 Å². The first-order valence-corrected chi connectivity index (χ1v) is 4.94. The molecule has 0 fully saturated rings. The number of rotatable bonds is 5. The molecule has 4 nitrogen and oxygen atoms in total. The van der Waals surface area contributed by atoms with Crippen LogP contribution in [-0.4, -0.2) is 20.8 Å². The van der Waals surface area contributed by atoms with Crippen LogP contribution in [0.25, 0.3) is 0 Å². The Bertz CT molecular complexity index is 227. The Morgan fingerprint density at radius 2 is 2.18 bits per heavy atom. The summed E-state index contributed by atoms with van der Waals surface area (Å²) >= 11 is 0. The summed E-state index contributed by atoms with van der Waals surface area (Å²) in [5.41, 5.74) is 0. The number of nitrogens with zero attached hydrogens (tertiary/aromatic N) is 1. The van der Waals surface area contributed by atoms with Crippen molar-refractivity contribution in [2.24, 2.45) is 0 Å². The highest BCUT2D eigenvalue weighted by Crippen LogP contribution is 1.95. The molecule has 0 bridgehead atoms. The third kappa shape index (κ3) is 5.83. The summed E-state index contributed by atoms with van der Waals surface area (Å²) < 4.78 is 25.8. The minimum atomic E-state index is -3.56. The molecule has 0 aromatic carbocycles. The Morgan fingerprint density at radius 3 is 2.64 bits per heavy atom. The number of nitriles is 1. The second-order valence-corrected chi connectivity index (χ2v) is 3.68. The highest BCUT2D eigenvalue weighted by molar-refractivity contribution is 7.86. The third-order valence-electron chi connectivity index (χ3n) is 1.00. The summed E-state index contributed by atoms with van der Waals surface area (Å²) in [4.78, 5) is 0. The zero-order valence-corrected chi connectivity index (χ0v) is 7.23. The van der Waals surface area contributed by atoms with Crippen molar-refractivity contribution in [3.05, 3.63) is 0 Å². The molecule has 0 N–H and O–H groups in total. The maximum Gasteiger partial charge on any atom is 0.280 e. The summed E-state index contributed by atoms with van der Waals surface area (Å²) in [6, 6.07) is 1.52. The molecule has 5 heteroatoms. The molecule has 0 saturated carbocycles. The molecule has 0 radical (unpaired) electrons. The molecule has 64 valence electrons. The molecule has 0 unspecified atom stereocenters. The summed E-state index contributed by atoms with van der Waals surface area (Å²) in [7, 11) is -3.56. The fourth-order valence-corrected chi connectivity index (χ4v) is 1.06. The maximum atomic E-state index is 10.7. The predicted molar refractivity (Wildman–Crippen MR) is 40.3 cm³/mol. The van der Waals surface area contributed by atoms with E-state index >= 15 is 0 Å². The summed E-state index contributed by atoms with van der Waals surface area (Å²) in [5.74, 6) is -0.559. The van der Waals surface area contributed by atoms with Gasteiger partial charge in [0.1, 0.15) is 0 Å². The van der Waals surface area contributed by atoms with Gasteiger partial charge in [-0.25, -0.2) is 0 Å². The van der Waals surface area contributed by atoms with Gasteiger partial charge in [0.25, 0.3) is 10.1 Å². The topological polar surface area (TPSA) is 67.2 Å². The maximum absolute atomic E-state index is 10.7. The largest absolute Gasteiger partial charge is 0.280 e. The Labute approximate surface area is 66.9 Å². The van der Waals surface area contributed by atoms with E-state index in [0.29, 0.717) is 6.42 Å². The van der Waals surface area contributed by atoms with Crippen molar-refractivity contribution in [1.82, 2.24) is 0 Å². The Morgan fingerprint density at radius 1 is 1.55 bits per heavy atom. The van der Waals surface area contributed by atoms with Crippen molar-refractivity contribution in [2.75, 3.05) is 12.4 Å². The van der Waals surface area contributed by atoms with Crippen LogP contribution < -0.4 is 0 Å². The van der Waals surface area contributed by atoms with Gasteiger partial charge in [-0.15, -0.1) is 0 Å². The number of hydrogen-bond donors (Lipinski definition) is 0. The van der Waals surface area contributed by atoms with Crippen LogP contribution in [0.4, 0.5) is 0 Å². The van der Waals surface area contributed by atoms with Crippen LogP contribution in [0.3, 0.4) is 0 Å². The van der Waals surface area contributed by atoms with Gasteiger partial charge in [-0.3, -0.25) is 4.18 Å². The molecule has 0 saturated heterocycles. The smallest absolute Gasteiger partial charge is 0.269 e. The molecular weight excluding hydrogens is 166 g/mol. The SMILES string of the molecule is CCCCOS(=O)(=O)CC#N. The molecular formula is C6H11NO3S. The van der Waals surface area contributed by atoms with E-state index in [-0.39, 0.29) is 6.61 Å². The summed E-state index contributed by atoms with van der Waals surface area (Å²) in [6.45, 7) is 2.11. The molecule has 0 aliphatic carbocycles. The van der Waals surface area contributed by atoms with E-state index in [0.717, 1.165) is 6.42 Å². The lowest BCUT2D eigenvalue weighted by Gasteiger charge is -1.99. The minimum absolute atomic E-state index is 0.181. The van der Waals surface area contributed by atoms with Crippen LogP contribution in [0.15, 0.2) is 0 Å². The molecule has 0 aliphatic rings. The average Bonchev–Trinajstić information content (AvgIpc) is 1.87. The van der Waals surface area contributed by atoms with E-state index in [1.807, 2.05) is 6.92 Å². The van der Waals surface area contributed by atoms with Crippen LogP contribution >= 0.6 is 0 Å². The van der Waals surface area contributed by atoms with Gasteiger partial charge in [0.2, 0.25) is 0 Å². The Hall–Kier alpha value is -0.600. The van der Waals surface area contributed by atoms with Crippen molar-refractivity contribution in [1.29, 1.82) is 5.26 Å². The van der Waals surface area contributed by atoms with Gasteiger partial charge in [-0.1, -0.05) is 13.3 Å². The zero-order valence-electron chi connectivity index (χ0n) is 6.41. The lowest BCUT2D eigenvalue weighted by Crippen LogP contribution is -2.09. The molecule has 0 aromatic rings. The quantitative estimate of drug-likeness (QED) is 0.457. The normalized spacial score (nSPS) is 10.9. The van der Waals surface area contributed by atoms with E-state index in [1.165, 1.54) is 6.07 Å². The molecule has 0 heterocycles. The van der Waals surface area contributed by atoms with E-state index in [1.54, 1.807) is 0 Å². The van der Waals surface area contributed by atoms with Gasteiger partial charge in [0.15, 0.2) is 5.75 Å². The molecule has 0 spiro atoms. The first kappa shape index (κ1) is 10.4. The van der Waals surface area contributed by atoms with Gasteiger partial charge in [0.05, 0.1) is 12.7 Å². The molecule has 11 heavy (non-hydrogen) atoms. The van der Waals surface area contributed by atoms with Crippen molar-refractivity contribution in [3.63, 3.8) is 0 Å². The molecule has 0 atom stereocenters. The van der Waals surface area contributed by atoms with E-state index in [9.17, 15) is 8.42 Å². The van der Waals surface area contributed by atoms with Crippen molar-refractivity contribution < 1.29 is 12.6 Å². The van der Waals surface area contributed by atoms with Crippen molar-refractivity contribution in [2.45, 2.75) is 19.8 Å². The lowest BCUT2D eigenvalue weighted by molar-refractivity contribution is 0.312. The minimum Gasteiger partial charge on any atom is -0.269 e. The first-order chi connectivity index (χ1) is 5.12. The number of hydrogen-bond acceptors (Lipinski definition) is 4. The fraction of sp³-hybridized carbons (Fsp3) is 0.833. The molecule has 0 amide bonds. The van der Waals surface area contributed by atoms with Crippen molar-refractivity contribution in [3.8, 4) is 6.07 Å². The van der Waals surface area contributed by atoms with Gasteiger partial charge >= 0.3 is 0 Å². The summed E-state index contributed by atoms with van der Waals surface area (Å²) in [6.07, 6.45) is 1.58. The second kappa shape index (κ2) is 5.10. The fourth-order valence-electron chi connectivity index (χ4n) is 0.451. The van der Waals surface area contributed by atoms with Crippen molar-refractivity contribution >= 4 is 10.1 Å². The first-order valence-electron chi connectivity index (χ1n) is 3.36. The van der Waals surface area contributed by atoms with E-state index in [2.05, 4.69) is 4.18 Å². The monoisotopic (exact) mass is 177 g/mol. The molecule has 0 aromatic heterocycles. The van der Waals surface area contributed by atoms with Crippen LogP contribution in [0, 0.1) is 11.3 Å². The van der Waals surface area contributed by atoms with Crippen LogP contribution in [0.1, 0.15) is 19.8 Å². The van der Waals surface area contributed by atoms with Gasteiger partial charge in [0, 0.05) is 0 Å². The van der Waals surface area contributed by atoms with Gasteiger partial charge < -0.3 is 0 Å². The van der Waals surface area contributed by atoms with Crippen LogP contribution in [0.5, 0.6) is 0 Å². The third-order valence-corrected chi connectivity index (χ3v) is 2.01. The highest BCUT2D eigenvalue weighted by Gasteiger charge is 2.08. The lowest BCUT2D eigenvalue weighted by atomic mass is 10.4. The zero-order chi connectivity index (χ0) is 8.74.